The van der Waals surface area contributed by atoms with E-state index < -0.39 is 58.0 Å². The molecule has 0 radical (unpaired) electrons. The number of carbonyl (C=O) groups excluding carboxylic acids is 3. The van der Waals surface area contributed by atoms with Gasteiger partial charge in [0.15, 0.2) is 12.4 Å². The number of benzene rings is 3. The molecular weight excluding hydrogens is 729 g/mol. The van der Waals surface area contributed by atoms with Gasteiger partial charge >= 0.3 is 24.1 Å². The number of hydrogen-bond acceptors (Lipinski definition) is 11. The van der Waals surface area contributed by atoms with Gasteiger partial charge in [0.05, 0.1) is 33.2 Å². The Morgan fingerprint density at radius 1 is 1.04 bits per heavy atom. The normalized spacial score (nSPS) is 15.2. The van der Waals surface area contributed by atoms with Crippen molar-refractivity contribution in [3.63, 3.8) is 0 Å². The Morgan fingerprint density at radius 3 is 2.32 bits per heavy atom. The minimum atomic E-state index is -4.61. The molecule has 3 aromatic carbocycles. The van der Waals surface area contributed by atoms with E-state index in [1.165, 1.54) is 6.92 Å². The van der Waals surface area contributed by atoms with E-state index >= 15 is 0 Å². The maximum Gasteiger partial charge on any atom is 0.416 e. The number of nitro benzene ring substituents is 1. The molecule has 2 N–H and O–H groups in total. The number of rotatable bonds is 10. The molecule has 18 heteroatoms. The fourth-order valence-electron chi connectivity index (χ4n) is 4.70. The van der Waals surface area contributed by atoms with Gasteiger partial charge in [-0.2, -0.15) is 13.2 Å². The van der Waals surface area contributed by atoms with Gasteiger partial charge in [-0.3, -0.25) is 14.9 Å². The van der Waals surface area contributed by atoms with Crippen LogP contribution in [0.3, 0.4) is 0 Å². The molecule has 4 aromatic rings. The first-order chi connectivity index (χ1) is 24.8. The van der Waals surface area contributed by atoms with Crippen molar-refractivity contribution in [2.45, 2.75) is 39.4 Å². The van der Waals surface area contributed by atoms with E-state index in [1.54, 1.807) is 25.1 Å². The van der Waals surface area contributed by atoms with Crippen LogP contribution >= 0.6 is 11.6 Å². The molecule has 1 atom stereocenters. The molecule has 1 aliphatic heterocycles. The first-order valence-electron chi connectivity index (χ1n) is 15.6. The SMILES string of the molecule is CC(C)C1(C)N=C(c2nc3ccccc3cc2C(=O)O)NC1=O.CCOC(=O)COC(=O)c1cc(Oc2ccc(C(F)(F)F)cc2Cl)ccc1[N+](=O)[O-]. The van der Waals surface area contributed by atoms with Gasteiger partial charge in [0.25, 0.3) is 11.6 Å². The molecule has 0 spiro atoms. The minimum absolute atomic E-state index is 0.0197. The van der Waals surface area contributed by atoms with Crippen LogP contribution in [0.5, 0.6) is 11.5 Å². The largest absolute Gasteiger partial charge is 0.478 e. The third kappa shape index (κ3) is 9.23. The van der Waals surface area contributed by atoms with E-state index in [1.807, 2.05) is 26.0 Å². The van der Waals surface area contributed by atoms with Crippen molar-refractivity contribution in [1.82, 2.24) is 10.3 Å². The zero-order chi connectivity index (χ0) is 39.2. The first kappa shape index (κ1) is 39.7. The monoisotopic (exact) mass is 758 g/mol. The van der Waals surface area contributed by atoms with Crippen LogP contribution in [0.15, 0.2) is 71.7 Å². The summed E-state index contributed by atoms with van der Waals surface area (Å²) in [6.07, 6.45) is -4.61. The number of hydrogen-bond donors (Lipinski definition) is 2. The number of aliphatic imine (C=N–C) groups is 1. The molecule has 0 bridgehead atoms. The number of ether oxygens (including phenoxy) is 3. The Kier molecular flexibility index (Phi) is 12.0. The average molecular weight is 759 g/mol. The molecular formula is C35H30ClF3N4O10. The van der Waals surface area contributed by atoms with Crippen LogP contribution in [0.2, 0.25) is 5.02 Å². The van der Waals surface area contributed by atoms with Crippen molar-refractivity contribution in [3.05, 3.63) is 104 Å². The van der Waals surface area contributed by atoms with Crippen molar-refractivity contribution in [1.29, 1.82) is 0 Å². The number of aromatic carboxylic acids is 1. The predicted molar refractivity (Wildman–Crippen MR) is 183 cm³/mol. The number of carbonyl (C=O) groups is 4. The quantitative estimate of drug-likeness (QED) is 0.0959. The third-order valence-electron chi connectivity index (χ3n) is 7.84. The number of amides is 1. The molecule has 1 aromatic heterocycles. The highest BCUT2D eigenvalue weighted by atomic mass is 35.5. The molecule has 0 saturated carbocycles. The van der Waals surface area contributed by atoms with Gasteiger partial charge in [0.2, 0.25) is 0 Å². The van der Waals surface area contributed by atoms with E-state index in [2.05, 4.69) is 20.0 Å². The smallest absolute Gasteiger partial charge is 0.416 e. The summed E-state index contributed by atoms with van der Waals surface area (Å²) in [7, 11) is 0. The minimum Gasteiger partial charge on any atom is -0.478 e. The summed E-state index contributed by atoms with van der Waals surface area (Å²) in [5.74, 6) is -3.50. The molecule has 0 saturated heterocycles. The lowest BCUT2D eigenvalue weighted by Crippen LogP contribution is -2.41. The molecule has 53 heavy (non-hydrogen) atoms. The highest BCUT2D eigenvalue weighted by Crippen LogP contribution is 2.37. The summed E-state index contributed by atoms with van der Waals surface area (Å²) in [5, 5.41) is 23.7. The van der Waals surface area contributed by atoms with E-state index in [-0.39, 0.29) is 52.0 Å². The third-order valence-corrected chi connectivity index (χ3v) is 8.13. The number of halogens is 4. The summed E-state index contributed by atoms with van der Waals surface area (Å²) in [6.45, 7) is 6.36. The summed E-state index contributed by atoms with van der Waals surface area (Å²) in [5.41, 5.74) is -2.21. The van der Waals surface area contributed by atoms with Crippen LogP contribution in [0.4, 0.5) is 18.9 Å². The zero-order valence-electron chi connectivity index (χ0n) is 28.3. The van der Waals surface area contributed by atoms with Crippen molar-refractivity contribution in [2.75, 3.05) is 13.2 Å². The summed E-state index contributed by atoms with van der Waals surface area (Å²) in [4.78, 5) is 66.5. The Morgan fingerprint density at radius 2 is 1.74 bits per heavy atom. The number of nitrogens with one attached hydrogen (secondary N) is 1. The standard InChI is InChI=1S/C18H13ClF3NO7.C17H17N3O3/c1-2-28-16(24)9-29-17(25)12-8-11(4-5-14(12)23(26)27)30-15-6-3-10(7-13(15)19)18(20,21)22;1-9(2)17(3)16(23)19-14(20-17)13-11(15(21)22)8-10-6-4-5-7-12(10)18-13/h3-8H,2,9H2,1H3;4-9H,1-3H3,(H,21,22)(H,19,20,23). The van der Waals surface area contributed by atoms with Crippen molar-refractivity contribution in [2.24, 2.45) is 10.9 Å². The highest BCUT2D eigenvalue weighted by Gasteiger charge is 2.43. The average Bonchev–Trinajstić information content (AvgIpc) is 3.42. The second kappa shape index (κ2) is 16.1. The lowest BCUT2D eigenvalue weighted by atomic mass is 9.89. The fraction of sp³-hybridized carbons (Fsp3) is 0.257. The number of fused-ring (bicyclic) bond motifs is 1. The predicted octanol–water partition coefficient (Wildman–Crippen LogP) is 7.00. The molecule has 14 nitrogen and oxygen atoms in total. The van der Waals surface area contributed by atoms with Gasteiger partial charge in [-0.1, -0.05) is 43.6 Å². The second-order valence-electron chi connectivity index (χ2n) is 11.7. The number of pyridine rings is 1. The number of alkyl halides is 3. The van der Waals surface area contributed by atoms with Crippen LogP contribution in [-0.2, 0) is 25.2 Å². The molecule has 0 fully saturated rings. The second-order valence-corrected chi connectivity index (χ2v) is 12.1. The van der Waals surface area contributed by atoms with E-state index in [9.17, 15) is 47.6 Å². The molecule has 278 valence electrons. The lowest BCUT2D eigenvalue weighted by Gasteiger charge is -2.21. The summed E-state index contributed by atoms with van der Waals surface area (Å²) in [6, 6.07) is 14.1. The Balaban J connectivity index is 0.000000244. The molecule has 1 amide bonds. The molecule has 1 aliphatic rings. The number of carboxylic acid groups (broad SMARTS) is 1. The van der Waals surface area contributed by atoms with Crippen LogP contribution in [0, 0.1) is 16.0 Å². The first-order valence-corrected chi connectivity index (χ1v) is 15.9. The van der Waals surface area contributed by atoms with Crippen molar-refractivity contribution < 1.29 is 56.6 Å². The summed E-state index contributed by atoms with van der Waals surface area (Å²) < 4.78 is 52.8. The fourth-order valence-corrected chi connectivity index (χ4v) is 4.92. The zero-order valence-corrected chi connectivity index (χ0v) is 29.1. The molecule has 1 unspecified atom stereocenters. The maximum atomic E-state index is 12.7. The van der Waals surface area contributed by atoms with Gasteiger partial charge in [-0.25, -0.2) is 24.4 Å². The number of para-hydroxylation sites is 1. The van der Waals surface area contributed by atoms with Gasteiger partial charge in [-0.15, -0.1) is 0 Å². The van der Waals surface area contributed by atoms with Crippen molar-refractivity contribution in [3.8, 4) is 11.5 Å². The van der Waals surface area contributed by atoms with E-state index in [0.29, 0.717) is 11.6 Å². The molecule has 2 heterocycles. The van der Waals surface area contributed by atoms with E-state index in [4.69, 9.17) is 21.1 Å². The Labute approximate surface area is 303 Å². The number of carboxylic acids is 1. The van der Waals surface area contributed by atoms with Gasteiger partial charge in [0, 0.05) is 17.5 Å². The van der Waals surface area contributed by atoms with Gasteiger partial charge < -0.3 is 24.6 Å². The van der Waals surface area contributed by atoms with Crippen molar-refractivity contribution >= 4 is 57.8 Å². The number of nitrogens with zero attached hydrogens (tertiary/aromatic N) is 3. The Hall–Kier alpha value is -6.10. The van der Waals surface area contributed by atoms with Gasteiger partial charge in [0.1, 0.15) is 28.3 Å². The van der Waals surface area contributed by atoms with E-state index in [0.717, 1.165) is 35.7 Å². The van der Waals surface area contributed by atoms with Crippen LogP contribution in [-0.4, -0.2) is 63.4 Å². The van der Waals surface area contributed by atoms with Crippen LogP contribution < -0.4 is 10.1 Å². The number of nitro groups is 1. The molecule has 0 aliphatic carbocycles. The maximum absolute atomic E-state index is 12.7. The van der Waals surface area contributed by atoms with Gasteiger partial charge in [-0.05, 0) is 56.2 Å². The molecule has 5 rings (SSSR count). The Bertz CT molecular complexity index is 2140. The number of amidine groups is 1. The highest BCUT2D eigenvalue weighted by molar-refractivity contribution is 6.32. The lowest BCUT2D eigenvalue weighted by molar-refractivity contribution is -0.385. The van der Waals surface area contributed by atoms with Crippen LogP contribution in [0.1, 0.15) is 59.7 Å². The topological polar surface area (TPSA) is 197 Å². The summed E-state index contributed by atoms with van der Waals surface area (Å²) >= 11 is 5.81. The number of aromatic nitrogens is 1. The van der Waals surface area contributed by atoms with Crippen LogP contribution in [0.25, 0.3) is 10.9 Å². The number of esters is 2.